The summed E-state index contributed by atoms with van der Waals surface area (Å²) in [6, 6.07) is 15.7. The zero-order valence-electron chi connectivity index (χ0n) is 17.4. The van der Waals surface area contributed by atoms with E-state index in [-0.39, 0.29) is 27.9 Å². The third-order valence-corrected chi connectivity index (χ3v) is 6.50. The molecule has 0 bridgehead atoms. The van der Waals surface area contributed by atoms with Crippen LogP contribution >= 0.6 is 11.6 Å². The van der Waals surface area contributed by atoms with Crippen molar-refractivity contribution in [1.82, 2.24) is 4.98 Å². The first-order chi connectivity index (χ1) is 15.4. The lowest BCUT2D eigenvalue weighted by Gasteiger charge is -2.24. The second-order valence-electron chi connectivity index (χ2n) is 6.55. The van der Waals surface area contributed by atoms with Gasteiger partial charge in [-0.1, -0.05) is 35.9 Å². The number of hydrogen-bond acceptors (Lipinski definition) is 5. The maximum atomic E-state index is 13.4. The van der Waals surface area contributed by atoms with Gasteiger partial charge in [-0.2, -0.15) is 0 Å². The van der Waals surface area contributed by atoms with E-state index in [4.69, 9.17) is 16.3 Å². The van der Waals surface area contributed by atoms with Crippen LogP contribution in [0.15, 0.2) is 84.4 Å². The van der Waals surface area contributed by atoms with E-state index >= 15 is 0 Å². The summed E-state index contributed by atoms with van der Waals surface area (Å²) < 4.78 is 33.4. The zero-order chi connectivity index (χ0) is 23.1. The molecule has 166 valence electrons. The third kappa shape index (κ3) is 5.09. The SMILES string of the molecule is C=CCN(c1ccccc1Cl)S(=O)(=O)c1cccc(C(=O)Nc2cccnc2OCC)c1. The number of carbonyl (C=O) groups excluding carboxylic acids is 1. The van der Waals surface area contributed by atoms with Gasteiger partial charge in [0, 0.05) is 11.8 Å². The van der Waals surface area contributed by atoms with Gasteiger partial charge in [-0.05, 0) is 49.4 Å². The molecule has 0 saturated carbocycles. The number of nitrogens with one attached hydrogen (secondary N) is 1. The highest BCUT2D eigenvalue weighted by Crippen LogP contribution is 2.30. The van der Waals surface area contributed by atoms with Crippen molar-refractivity contribution in [3.63, 3.8) is 0 Å². The molecule has 0 radical (unpaired) electrons. The number of sulfonamides is 1. The van der Waals surface area contributed by atoms with E-state index in [1.54, 1.807) is 42.6 Å². The Morgan fingerprint density at radius 3 is 2.69 bits per heavy atom. The Hall–Kier alpha value is -3.36. The molecular formula is C23H22ClN3O4S. The van der Waals surface area contributed by atoms with E-state index in [1.807, 2.05) is 6.92 Å². The third-order valence-electron chi connectivity index (χ3n) is 4.40. The Labute approximate surface area is 192 Å². The highest BCUT2D eigenvalue weighted by molar-refractivity contribution is 7.92. The second kappa shape index (κ2) is 10.3. The molecule has 9 heteroatoms. The van der Waals surface area contributed by atoms with Gasteiger partial charge in [0.25, 0.3) is 15.9 Å². The molecule has 2 aromatic carbocycles. The van der Waals surface area contributed by atoms with Crippen molar-refractivity contribution >= 4 is 38.9 Å². The Morgan fingerprint density at radius 1 is 1.19 bits per heavy atom. The molecule has 1 N–H and O–H groups in total. The maximum absolute atomic E-state index is 13.4. The molecule has 0 atom stereocenters. The molecule has 1 heterocycles. The smallest absolute Gasteiger partial charge is 0.264 e. The number of carbonyl (C=O) groups is 1. The number of ether oxygens (including phenoxy) is 1. The number of aromatic nitrogens is 1. The van der Waals surface area contributed by atoms with Crippen LogP contribution < -0.4 is 14.4 Å². The Kier molecular flexibility index (Phi) is 7.50. The van der Waals surface area contributed by atoms with Gasteiger partial charge in [0.05, 0.1) is 28.8 Å². The fourth-order valence-corrected chi connectivity index (χ4v) is 4.74. The first-order valence-corrected chi connectivity index (χ1v) is 11.6. The van der Waals surface area contributed by atoms with E-state index < -0.39 is 15.9 Å². The van der Waals surface area contributed by atoms with E-state index in [9.17, 15) is 13.2 Å². The number of halogens is 1. The van der Waals surface area contributed by atoms with Gasteiger partial charge in [-0.3, -0.25) is 9.10 Å². The average molecular weight is 472 g/mol. The summed E-state index contributed by atoms with van der Waals surface area (Å²) >= 11 is 6.24. The quantitative estimate of drug-likeness (QED) is 0.454. The van der Waals surface area contributed by atoms with Crippen LogP contribution in [-0.2, 0) is 10.0 Å². The number of para-hydroxylation sites is 1. The normalized spacial score (nSPS) is 10.9. The van der Waals surface area contributed by atoms with Crippen molar-refractivity contribution in [2.75, 3.05) is 22.8 Å². The number of amides is 1. The summed E-state index contributed by atoms with van der Waals surface area (Å²) in [5.74, 6) is -0.216. The topological polar surface area (TPSA) is 88.6 Å². The largest absolute Gasteiger partial charge is 0.476 e. The fraction of sp³-hybridized carbons (Fsp3) is 0.130. The molecule has 0 aliphatic rings. The number of rotatable bonds is 9. The lowest BCUT2D eigenvalue weighted by molar-refractivity contribution is 0.102. The van der Waals surface area contributed by atoms with E-state index in [1.165, 1.54) is 30.3 Å². The zero-order valence-corrected chi connectivity index (χ0v) is 18.9. The van der Waals surface area contributed by atoms with Gasteiger partial charge in [-0.15, -0.1) is 6.58 Å². The highest BCUT2D eigenvalue weighted by Gasteiger charge is 2.26. The molecule has 1 amide bonds. The van der Waals surface area contributed by atoms with Crippen LogP contribution in [0.1, 0.15) is 17.3 Å². The highest BCUT2D eigenvalue weighted by atomic mass is 35.5. The number of nitrogens with zero attached hydrogens (tertiary/aromatic N) is 2. The van der Waals surface area contributed by atoms with Gasteiger partial charge >= 0.3 is 0 Å². The van der Waals surface area contributed by atoms with Gasteiger partial charge in [-0.25, -0.2) is 13.4 Å². The molecule has 0 spiro atoms. The van der Waals surface area contributed by atoms with Crippen molar-refractivity contribution < 1.29 is 17.9 Å². The first kappa shape index (κ1) is 23.3. The van der Waals surface area contributed by atoms with Crippen molar-refractivity contribution in [2.45, 2.75) is 11.8 Å². The summed E-state index contributed by atoms with van der Waals surface area (Å²) in [4.78, 5) is 16.9. The summed E-state index contributed by atoms with van der Waals surface area (Å²) in [6.45, 7) is 5.85. The van der Waals surface area contributed by atoms with Gasteiger partial charge in [0.15, 0.2) is 0 Å². The molecule has 0 aliphatic heterocycles. The van der Waals surface area contributed by atoms with Crippen LogP contribution in [0.25, 0.3) is 0 Å². The van der Waals surface area contributed by atoms with Crippen LogP contribution in [-0.4, -0.2) is 32.5 Å². The average Bonchev–Trinajstić information content (AvgIpc) is 2.79. The molecular weight excluding hydrogens is 450 g/mol. The lowest BCUT2D eigenvalue weighted by atomic mass is 10.2. The van der Waals surface area contributed by atoms with E-state index in [2.05, 4.69) is 16.9 Å². The summed E-state index contributed by atoms with van der Waals surface area (Å²) in [6.07, 6.45) is 3.02. The predicted octanol–water partition coefficient (Wildman–Crippen LogP) is 4.77. The first-order valence-electron chi connectivity index (χ1n) is 9.76. The van der Waals surface area contributed by atoms with Crippen molar-refractivity contribution in [1.29, 1.82) is 0 Å². The van der Waals surface area contributed by atoms with Crippen LogP contribution in [0.5, 0.6) is 5.88 Å². The minimum atomic E-state index is -4.02. The number of hydrogen-bond donors (Lipinski definition) is 1. The molecule has 7 nitrogen and oxygen atoms in total. The van der Waals surface area contributed by atoms with Crippen LogP contribution in [0.2, 0.25) is 5.02 Å². The second-order valence-corrected chi connectivity index (χ2v) is 8.82. The molecule has 1 aromatic heterocycles. The lowest BCUT2D eigenvalue weighted by Crippen LogP contribution is -2.31. The Balaban J connectivity index is 1.94. The Bertz CT molecular complexity index is 1230. The number of pyridine rings is 1. The van der Waals surface area contributed by atoms with Crippen LogP contribution in [0.4, 0.5) is 11.4 Å². The molecule has 0 fully saturated rings. The molecule has 0 unspecified atom stereocenters. The monoisotopic (exact) mass is 471 g/mol. The maximum Gasteiger partial charge on any atom is 0.264 e. The molecule has 3 aromatic rings. The number of anilines is 2. The van der Waals surface area contributed by atoms with E-state index in [0.29, 0.717) is 18.0 Å². The minimum absolute atomic E-state index is 0.00981. The Morgan fingerprint density at radius 2 is 1.97 bits per heavy atom. The molecule has 0 aliphatic carbocycles. The van der Waals surface area contributed by atoms with Gasteiger partial charge < -0.3 is 10.1 Å². The number of benzene rings is 2. The van der Waals surface area contributed by atoms with E-state index in [0.717, 1.165) is 4.31 Å². The molecule has 32 heavy (non-hydrogen) atoms. The standard InChI is InChI=1S/C23H22ClN3O4S/c1-3-15-27(21-13-6-5-11-19(21)24)32(29,30)18-10-7-9-17(16-18)22(28)26-20-12-8-14-25-23(20)31-4-2/h3,5-14,16H,1,4,15H2,2H3,(H,26,28). The molecule has 0 saturated heterocycles. The summed E-state index contributed by atoms with van der Waals surface area (Å²) in [5.41, 5.74) is 0.868. The summed E-state index contributed by atoms with van der Waals surface area (Å²) in [5, 5.41) is 3.00. The van der Waals surface area contributed by atoms with Crippen molar-refractivity contribution in [3.05, 3.63) is 90.1 Å². The van der Waals surface area contributed by atoms with Crippen LogP contribution in [0, 0.1) is 0 Å². The summed E-state index contributed by atoms with van der Waals surface area (Å²) in [7, 11) is -4.02. The van der Waals surface area contributed by atoms with Gasteiger partial charge in [0.2, 0.25) is 5.88 Å². The molecule has 3 rings (SSSR count). The van der Waals surface area contributed by atoms with Crippen molar-refractivity contribution in [3.8, 4) is 5.88 Å². The van der Waals surface area contributed by atoms with Crippen molar-refractivity contribution in [2.24, 2.45) is 0 Å². The predicted molar refractivity (Wildman–Crippen MR) is 126 cm³/mol. The minimum Gasteiger partial charge on any atom is -0.476 e. The fourth-order valence-electron chi connectivity index (χ4n) is 2.95. The van der Waals surface area contributed by atoms with Gasteiger partial charge in [0.1, 0.15) is 5.69 Å². The van der Waals surface area contributed by atoms with Crippen LogP contribution in [0.3, 0.4) is 0 Å².